The lowest BCUT2D eigenvalue weighted by molar-refractivity contribution is -0.144. The number of aryl methyl sites for hydroxylation is 1. The topological polar surface area (TPSA) is 69.9 Å². The van der Waals surface area contributed by atoms with Crippen molar-refractivity contribution < 1.29 is 25.1 Å². The van der Waals surface area contributed by atoms with E-state index in [2.05, 4.69) is 15.1 Å². The van der Waals surface area contributed by atoms with E-state index in [1.54, 1.807) is 13.8 Å². The maximum Gasteiger partial charge on any atom is 0.433 e. The summed E-state index contributed by atoms with van der Waals surface area (Å²) >= 11 is 0. The Morgan fingerprint density at radius 3 is 2.39 bits per heavy atom. The van der Waals surface area contributed by atoms with Crippen molar-refractivity contribution in [1.82, 2.24) is 19.7 Å². The molecule has 6 nitrogen and oxygen atoms in total. The number of carbonyl (C=O) groups excluding carboxylic acids is 1. The van der Waals surface area contributed by atoms with Crippen LogP contribution in [0.4, 0.5) is 13.2 Å². The van der Waals surface area contributed by atoms with E-state index >= 15 is 0 Å². The van der Waals surface area contributed by atoms with Crippen molar-refractivity contribution in [3.8, 4) is 0 Å². The third-order valence-corrected chi connectivity index (χ3v) is 4.68. The van der Waals surface area contributed by atoms with Crippen LogP contribution in [0.3, 0.4) is 0 Å². The van der Waals surface area contributed by atoms with Crippen LogP contribution in [0.25, 0.3) is 0 Å². The van der Waals surface area contributed by atoms with Crippen LogP contribution >= 0.6 is 0 Å². The third kappa shape index (κ3) is 6.23. The highest BCUT2D eigenvalue weighted by Gasteiger charge is 2.40. The van der Waals surface area contributed by atoms with Gasteiger partial charge in [-0.05, 0) is 46.0 Å². The zero-order chi connectivity index (χ0) is 23.0. The first kappa shape index (κ1) is 19.3. The van der Waals surface area contributed by atoms with E-state index in [0.29, 0.717) is 0 Å². The largest absolute Gasteiger partial charge is 0.433 e. The summed E-state index contributed by atoms with van der Waals surface area (Å²) in [4.78, 5) is 20.2. The van der Waals surface area contributed by atoms with Crippen LogP contribution in [0.1, 0.15) is 44.9 Å². The molecule has 0 aliphatic carbocycles. The fourth-order valence-corrected chi connectivity index (χ4v) is 4.47. The third-order valence-electron chi connectivity index (χ3n) is 3.51. The molecular formula is C18H25F3N4O2Si. The molecule has 0 unspecified atom stereocenters. The summed E-state index contributed by atoms with van der Waals surface area (Å²) in [6.45, 7) is 6.42. The van der Waals surface area contributed by atoms with Gasteiger partial charge in [0.15, 0.2) is 19.8 Å². The number of halogens is 3. The van der Waals surface area contributed by atoms with Crippen LogP contribution in [-0.4, -0.2) is 39.5 Å². The lowest BCUT2D eigenvalue weighted by Gasteiger charge is -2.33. The molecule has 0 spiro atoms. The summed E-state index contributed by atoms with van der Waals surface area (Å²) in [5.41, 5.74) is -3.19. The Morgan fingerprint density at radius 2 is 1.86 bits per heavy atom. The van der Waals surface area contributed by atoms with Gasteiger partial charge in [-0.2, -0.15) is 18.3 Å². The predicted octanol–water partition coefficient (Wildman–Crippen LogP) is 4.14. The molecule has 0 amide bonds. The molecule has 2 aromatic heterocycles. The minimum atomic E-state index is -4.99. The number of ketones is 1. The van der Waals surface area contributed by atoms with Gasteiger partial charge in [0.2, 0.25) is 0 Å². The molecule has 0 bridgehead atoms. The minimum absolute atomic E-state index is 0.0658. The Labute approximate surface area is 166 Å². The van der Waals surface area contributed by atoms with Crippen molar-refractivity contribution in [2.45, 2.75) is 64.6 Å². The summed E-state index contributed by atoms with van der Waals surface area (Å²) in [6, 6.07) is 1.52. The van der Waals surface area contributed by atoms with E-state index in [0.717, 1.165) is 6.20 Å². The Bertz CT molecular complexity index is 897. The fraction of sp³-hybridized carbons (Fsp3) is 0.556. The molecule has 154 valence electrons. The summed E-state index contributed by atoms with van der Waals surface area (Å²) < 4.78 is 64.3. The summed E-state index contributed by atoms with van der Waals surface area (Å²) in [7, 11) is -2.09. The van der Waals surface area contributed by atoms with Crippen molar-refractivity contribution in [1.29, 1.82) is 0 Å². The number of nitrogens with zero attached hydrogens (tertiary/aromatic N) is 4. The van der Waals surface area contributed by atoms with Crippen molar-refractivity contribution in [2.75, 3.05) is 0 Å². The number of aromatic nitrogens is 4. The van der Waals surface area contributed by atoms with Gasteiger partial charge in [-0.15, -0.1) is 0 Å². The summed E-state index contributed by atoms with van der Waals surface area (Å²) in [6.07, 6.45) is -2.33. The zero-order valence-electron chi connectivity index (χ0n) is 18.5. The minimum Gasteiger partial charge on any atom is -0.413 e. The first-order valence-electron chi connectivity index (χ1n) is 9.67. The maximum atomic E-state index is 13.8. The predicted molar refractivity (Wildman–Crippen MR) is 100 cm³/mol. The monoisotopic (exact) mass is 416 g/mol. The van der Waals surface area contributed by atoms with Crippen LogP contribution in [-0.2, 0) is 23.5 Å². The van der Waals surface area contributed by atoms with Crippen LogP contribution in [0, 0.1) is 0 Å². The Morgan fingerprint density at radius 1 is 1.25 bits per heavy atom. The first-order valence-corrected chi connectivity index (χ1v) is 12.1. The van der Waals surface area contributed by atoms with Gasteiger partial charge in [0.05, 0.1) is 26.5 Å². The maximum absolute atomic E-state index is 13.8. The molecule has 0 saturated carbocycles. The van der Waals surface area contributed by atoms with Gasteiger partial charge < -0.3 is 4.43 Å². The van der Waals surface area contributed by atoms with Crippen molar-refractivity contribution in [2.24, 2.45) is 0 Å². The van der Waals surface area contributed by atoms with Crippen LogP contribution in [0.15, 0.2) is 24.7 Å². The number of Topliss-reactive ketones (excluding diaryl/α,β-unsaturated/α-hetero) is 1. The molecule has 0 saturated heterocycles. The van der Waals surface area contributed by atoms with E-state index in [1.165, 1.54) is 18.5 Å². The first-order chi connectivity index (χ1) is 13.5. The van der Waals surface area contributed by atoms with Gasteiger partial charge in [0.1, 0.15) is 5.82 Å². The second-order valence-electron chi connectivity index (χ2n) is 7.89. The molecular weight excluding hydrogens is 389 g/mol. The SMILES string of the molecule is [2H]C([2H])(CC(C)(C)O[Si](C)(C)C)n1ncc(C(=O)Cc2ncccn2)c1C(F)(F)F. The van der Waals surface area contributed by atoms with Gasteiger partial charge in [-0.1, -0.05) is 0 Å². The van der Waals surface area contributed by atoms with Gasteiger partial charge in [-0.25, -0.2) is 9.97 Å². The normalized spacial score (nSPS) is 14.6. The van der Waals surface area contributed by atoms with E-state index < -0.39 is 50.1 Å². The van der Waals surface area contributed by atoms with Gasteiger partial charge in [0.25, 0.3) is 0 Å². The fourth-order valence-electron chi connectivity index (χ4n) is 2.74. The van der Waals surface area contributed by atoms with Crippen molar-refractivity contribution >= 4 is 14.1 Å². The lowest BCUT2D eigenvalue weighted by Crippen LogP contribution is -2.39. The van der Waals surface area contributed by atoms with Gasteiger partial charge in [0, 0.05) is 18.9 Å². The van der Waals surface area contributed by atoms with Crippen LogP contribution in [0.2, 0.25) is 19.6 Å². The van der Waals surface area contributed by atoms with Crippen molar-refractivity contribution in [3.63, 3.8) is 0 Å². The summed E-state index contributed by atoms with van der Waals surface area (Å²) in [5.74, 6) is -0.829. The average molecular weight is 417 g/mol. The highest BCUT2D eigenvalue weighted by molar-refractivity contribution is 6.69. The quantitative estimate of drug-likeness (QED) is 0.478. The lowest BCUT2D eigenvalue weighted by atomic mass is 10.1. The molecule has 2 aromatic rings. The molecule has 0 atom stereocenters. The highest BCUT2D eigenvalue weighted by atomic mass is 28.4. The van der Waals surface area contributed by atoms with Crippen LogP contribution in [0.5, 0.6) is 0 Å². The number of alkyl halides is 3. The molecule has 10 heteroatoms. The Kier molecular flexibility index (Phi) is 5.58. The molecule has 0 aromatic carbocycles. The van der Waals surface area contributed by atoms with E-state index in [4.69, 9.17) is 7.17 Å². The number of carbonyl (C=O) groups is 1. The standard InChI is InChI=1S/C18H25F3N4O2Si/c1-17(2,27-28(3,4)5)7-10-25-16(18(19,20)21)13(12-24-25)14(26)11-15-22-8-6-9-23-15/h6,8-9,12H,7,10-11H2,1-5H3/i10D2. The summed E-state index contributed by atoms with van der Waals surface area (Å²) in [5, 5.41) is 3.61. The number of rotatable bonds is 8. The van der Waals surface area contributed by atoms with E-state index in [1.807, 2.05) is 19.6 Å². The highest BCUT2D eigenvalue weighted by Crippen LogP contribution is 2.33. The van der Waals surface area contributed by atoms with Crippen molar-refractivity contribution in [3.05, 3.63) is 41.7 Å². The molecule has 2 rings (SSSR count). The smallest absolute Gasteiger partial charge is 0.413 e. The van der Waals surface area contributed by atoms with E-state index in [9.17, 15) is 18.0 Å². The second kappa shape index (κ2) is 8.12. The zero-order valence-corrected chi connectivity index (χ0v) is 17.5. The van der Waals surface area contributed by atoms with E-state index in [-0.39, 0.29) is 16.9 Å². The molecule has 0 aliphatic rings. The molecule has 0 aliphatic heterocycles. The Balaban J connectivity index is 2.42. The molecule has 0 fully saturated rings. The molecule has 0 radical (unpaired) electrons. The number of hydrogen-bond acceptors (Lipinski definition) is 5. The average Bonchev–Trinajstić information content (AvgIpc) is 2.98. The molecule has 28 heavy (non-hydrogen) atoms. The van der Waals surface area contributed by atoms with Crippen LogP contribution < -0.4 is 0 Å². The number of hydrogen-bond donors (Lipinski definition) is 0. The molecule has 2 heterocycles. The second-order valence-corrected chi connectivity index (χ2v) is 12.3. The molecule has 0 N–H and O–H groups in total. The van der Waals surface area contributed by atoms with Gasteiger partial charge in [-0.3, -0.25) is 9.48 Å². The van der Waals surface area contributed by atoms with Gasteiger partial charge >= 0.3 is 6.18 Å². The Hall–Kier alpha value is -2.07.